The van der Waals surface area contributed by atoms with Crippen molar-refractivity contribution in [1.82, 2.24) is 19.5 Å². The highest BCUT2D eigenvalue weighted by molar-refractivity contribution is 7.89. The van der Waals surface area contributed by atoms with Gasteiger partial charge in [0.05, 0.1) is 15.1 Å². The lowest BCUT2D eigenvalue weighted by molar-refractivity contribution is 0.0947. The van der Waals surface area contributed by atoms with Crippen LogP contribution in [-0.2, 0) is 16.4 Å². The molecule has 37 heavy (non-hydrogen) atoms. The number of amides is 1. The van der Waals surface area contributed by atoms with E-state index in [9.17, 15) is 13.2 Å². The van der Waals surface area contributed by atoms with Gasteiger partial charge in [-0.2, -0.15) is 0 Å². The molecule has 1 fully saturated rings. The van der Waals surface area contributed by atoms with E-state index in [1.165, 1.54) is 26.7 Å². The number of nitrogens with one attached hydrogen (secondary N) is 1. The minimum absolute atomic E-state index is 0.192. The topological polar surface area (TPSA) is 85.8 Å². The van der Waals surface area contributed by atoms with Crippen molar-refractivity contribution in [2.45, 2.75) is 38.0 Å². The number of aromatic nitrogens is 1. The number of aryl methyl sites for hydroxylation is 1. The quantitative estimate of drug-likeness (QED) is 0.396. The van der Waals surface area contributed by atoms with Gasteiger partial charge in [-0.1, -0.05) is 43.7 Å². The molecular weight excluding hydrogens is 506 g/mol. The molecule has 0 bridgehead atoms. The maximum atomic E-state index is 12.7. The van der Waals surface area contributed by atoms with Gasteiger partial charge in [0.2, 0.25) is 10.0 Å². The number of rotatable bonds is 11. The average Bonchev–Trinajstić information content (AvgIpc) is 3.36. The van der Waals surface area contributed by atoms with Crippen LogP contribution in [-0.4, -0.2) is 81.4 Å². The molecule has 0 spiro atoms. The van der Waals surface area contributed by atoms with E-state index in [2.05, 4.69) is 40.2 Å². The van der Waals surface area contributed by atoms with Crippen molar-refractivity contribution in [3.8, 4) is 0 Å². The maximum absolute atomic E-state index is 12.7. The molecule has 2 aromatic carbocycles. The molecule has 1 N–H and O–H groups in total. The highest BCUT2D eigenvalue weighted by Gasteiger charge is 2.22. The summed E-state index contributed by atoms with van der Waals surface area (Å²) in [5.74, 6) is -0.192. The second-order valence-corrected chi connectivity index (χ2v) is 12.5. The predicted molar refractivity (Wildman–Crippen MR) is 151 cm³/mol. The number of fused-ring (bicyclic) bond motifs is 1. The Morgan fingerprint density at radius 1 is 1.08 bits per heavy atom. The van der Waals surface area contributed by atoms with E-state index in [4.69, 9.17) is 4.98 Å². The monoisotopic (exact) mass is 543 g/mol. The summed E-state index contributed by atoms with van der Waals surface area (Å²) in [7, 11) is -1.94. The second kappa shape index (κ2) is 12.3. The molecule has 0 unspecified atom stereocenters. The number of benzene rings is 2. The smallest absolute Gasteiger partial charge is 0.251 e. The fraction of sp³-hybridized carbons (Fsp3) is 0.481. The average molecular weight is 544 g/mol. The molecule has 4 rings (SSSR count). The maximum Gasteiger partial charge on any atom is 0.251 e. The first kappa shape index (κ1) is 27.5. The summed E-state index contributed by atoms with van der Waals surface area (Å²) >= 11 is 1.76. The van der Waals surface area contributed by atoms with Gasteiger partial charge in [0, 0.05) is 58.4 Å². The van der Waals surface area contributed by atoms with Crippen LogP contribution in [0.2, 0.25) is 0 Å². The molecule has 10 heteroatoms. The van der Waals surface area contributed by atoms with E-state index in [-0.39, 0.29) is 10.8 Å². The van der Waals surface area contributed by atoms with E-state index in [1.54, 1.807) is 30.5 Å². The zero-order valence-corrected chi connectivity index (χ0v) is 23.6. The molecule has 0 saturated carbocycles. The molecule has 200 valence electrons. The van der Waals surface area contributed by atoms with Crippen molar-refractivity contribution in [3.63, 3.8) is 0 Å². The third-order valence-corrected chi connectivity index (χ3v) is 9.83. The van der Waals surface area contributed by atoms with Gasteiger partial charge in [-0.25, -0.2) is 17.7 Å². The van der Waals surface area contributed by atoms with Gasteiger partial charge in [-0.3, -0.25) is 9.69 Å². The van der Waals surface area contributed by atoms with E-state index in [0.717, 1.165) is 62.6 Å². The number of sulfonamides is 1. The number of nitrogens with zero attached hydrogens (tertiary/aromatic N) is 4. The summed E-state index contributed by atoms with van der Waals surface area (Å²) in [5, 5.41) is 4.05. The van der Waals surface area contributed by atoms with Crippen molar-refractivity contribution in [2.24, 2.45) is 0 Å². The van der Waals surface area contributed by atoms with Crippen LogP contribution in [0.25, 0.3) is 10.2 Å². The van der Waals surface area contributed by atoms with Crippen molar-refractivity contribution < 1.29 is 13.2 Å². The molecule has 0 atom stereocenters. The number of carbonyl (C=O) groups excluding carboxylic acids is 1. The van der Waals surface area contributed by atoms with Crippen LogP contribution in [0.4, 0.5) is 5.13 Å². The SMILES string of the molecule is CCCCN(C)S(=O)(=O)c1ccc(C(=O)NCCN2CCN(c3nc4c(CC)cccc4s3)CC2)cc1. The van der Waals surface area contributed by atoms with Crippen molar-refractivity contribution in [2.75, 3.05) is 57.8 Å². The van der Waals surface area contributed by atoms with E-state index in [0.29, 0.717) is 18.7 Å². The van der Waals surface area contributed by atoms with Crippen LogP contribution < -0.4 is 10.2 Å². The molecule has 1 aliphatic heterocycles. The molecule has 1 aromatic heterocycles. The fourth-order valence-corrected chi connectivity index (χ4v) is 6.74. The first-order chi connectivity index (χ1) is 17.8. The van der Waals surface area contributed by atoms with Gasteiger partial charge in [-0.15, -0.1) is 0 Å². The molecule has 8 nitrogen and oxygen atoms in total. The largest absolute Gasteiger partial charge is 0.351 e. The Hall–Kier alpha value is -2.53. The lowest BCUT2D eigenvalue weighted by atomic mass is 10.1. The Labute approximate surface area is 224 Å². The number of para-hydroxylation sites is 1. The number of hydrogen-bond donors (Lipinski definition) is 1. The molecule has 0 aliphatic carbocycles. The Kier molecular flexibility index (Phi) is 9.17. The molecule has 2 heterocycles. The molecular formula is C27H37N5O3S2. The molecule has 3 aromatic rings. The van der Waals surface area contributed by atoms with Gasteiger partial charge in [-0.05, 0) is 48.7 Å². The number of piperazine rings is 1. The predicted octanol–water partition coefficient (Wildman–Crippen LogP) is 3.83. The number of thiazole rings is 1. The number of unbranched alkanes of at least 4 members (excludes halogenated alkanes) is 1. The Morgan fingerprint density at radius 3 is 2.49 bits per heavy atom. The van der Waals surface area contributed by atoms with E-state index < -0.39 is 10.0 Å². The highest BCUT2D eigenvalue weighted by atomic mass is 32.2. The molecule has 1 aliphatic rings. The Balaban J connectivity index is 1.23. The van der Waals surface area contributed by atoms with Crippen molar-refractivity contribution >= 4 is 42.6 Å². The molecule has 1 amide bonds. The number of anilines is 1. The zero-order valence-electron chi connectivity index (χ0n) is 21.9. The standard InChI is InChI=1S/C27H37N5O3S2/c1-4-6-15-30(3)37(34,35)23-12-10-22(11-13-23)26(33)28-14-16-31-17-19-32(20-18-31)27-29-25-21(5-2)8-7-9-24(25)36-27/h7-13H,4-6,14-20H2,1-3H3,(H,28,33). The van der Waals surface area contributed by atoms with Gasteiger partial charge in [0.25, 0.3) is 5.91 Å². The lowest BCUT2D eigenvalue weighted by Gasteiger charge is -2.34. The van der Waals surface area contributed by atoms with Crippen LogP contribution in [0.3, 0.4) is 0 Å². The number of carbonyl (C=O) groups is 1. The summed E-state index contributed by atoms with van der Waals surface area (Å²) in [4.78, 5) is 22.4. The summed E-state index contributed by atoms with van der Waals surface area (Å²) in [6.07, 6.45) is 2.73. The third-order valence-electron chi connectivity index (χ3n) is 6.88. The van der Waals surface area contributed by atoms with E-state index in [1.807, 2.05) is 6.92 Å². The lowest BCUT2D eigenvalue weighted by Crippen LogP contribution is -2.48. The Bertz CT molecular complexity index is 1300. The summed E-state index contributed by atoms with van der Waals surface area (Å²) < 4.78 is 27.9. The first-order valence-electron chi connectivity index (χ1n) is 13.0. The van der Waals surface area contributed by atoms with Gasteiger partial charge < -0.3 is 10.2 Å². The fourth-order valence-electron chi connectivity index (χ4n) is 4.47. The van der Waals surface area contributed by atoms with Crippen molar-refractivity contribution in [3.05, 3.63) is 53.6 Å². The van der Waals surface area contributed by atoms with Crippen LogP contribution in [0, 0.1) is 0 Å². The summed E-state index contributed by atoms with van der Waals surface area (Å²) in [6.45, 7) is 9.66. The van der Waals surface area contributed by atoms with Crippen LogP contribution in [0.5, 0.6) is 0 Å². The minimum atomic E-state index is -3.53. The van der Waals surface area contributed by atoms with Gasteiger partial charge in [0.15, 0.2) is 5.13 Å². The highest BCUT2D eigenvalue weighted by Crippen LogP contribution is 2.31. The molecule has 1 saturated heterocycles. The second-order valence-electron chi connectivity index (χ2n) is 9.40. The summed E-state index contributed by atoms with van der Waals surface area (Å²) in [6, 6.07) is 12.6. The van der Waals surface area contributed by atoms with Crippen LogP contribution in [0.15, 0.2) is 47.4 Å². The molecule has 0 radical (unpaired) electrons. The Morgan fingerprint density at radius 2 is 1.81 bits per heavy atom. The third kappa shape index (κ3) is 6.49. The van der Waals surface area contributed by atoms with Crippen molar-refractivity contribution in [1.29, 1.82) is 0 Å². The van der Waals surface area contributed by atoms with Gasteiger partial charge >= 0.3 is 0 Å². The first-order valence-corrected chi connectivity index (χ1v) is 15.3. The van der Waals surface area contributed by atoms with E-state index >= 15 is 0 Å². The minimum Gasteiger partial charge on any atom is -0.351 e. The summed E-state index contributed by atoms with van der Waals surface area (Å²) in [5.41, 5.74) is 2.89. The number of hydrogen-bond acceptors (Lipinski definition) is 7. The van der Waals surface area contributed by atoms with Crippen LogP contribution >= 0.6 is 11.3 Å². The normalized spacial score (nSPS) is 15.0. The van der Waals surface area contributed by atoms with Crippen LogP contribution in [0.1, 0.15) is 42.6 Å². The van der Waals surface area contributed by atoms with Gasteiger partial charge in [0.1, 0.15) is 0 Å². The zero-order chi connectivity index (χ0) is 26.4.